The molecule has 0 aliphatic rings. The molecule has 2 aromatic heterocycles. The minimum absolute atomic E-state index is 0.0601. The van der Waals surface area contributed by atoms with E-state index in [0.29, 0.717) is 18.5 Å². The molecule has 1 N–H and O–H groups in total. The third-order valence-electron chi connectivity index (χ3n) is 4.00. The predicted molar refractivity (Wildman–Crippen MR) is 96.4 cm³/mol. The third-order valence-corrected chi connectivity index (χ3v) is 4.82. The Morgan fingerprint density at radius 1 is 1.29 bits per heavy atom. The van der Waals surface area contributed by atoms with Crippen molar-refractivity contribution in [1.29, 1.82) is 0 Å². The van der Waals surface area contributed by atoms with Gasteiger partial charge in [-0.05, 0) is 22.9 Å². The molecule has 0 bridgehead atoms. The Bertz CT molecular complexity index is 886. The fourth-order valence-corrected chi connectivity index (χ4v) is 3.25. The average Bonchev–Trinajstić information content (AvgIpc) is 3.09. The van der Waals surface area contributed by atoms with Crippen LogP contribution in [0.2, 0.25) is 0 Å². The van der Waals surface area contributed by atoms with E-state index in [9.17, 15) is 9.59 Å². The second-order valence-electron chi connectivity index (χ2n) is 5.75. The average molecular weight is 341 g/mol. The molecule has 1 amide bonds. The molecule has 124 valence electrons. The Morgan fingerprint density at radius 3 is 2.88 bits per heavy atom. The van der Waals surface area contributed by atoms with Crippen molar-refractivity contribution < 1.29 is 4.79 Å². The highest BCUT2D eigenvalue weighted by Gasteiger charge is 2.09. The van der Waals surface area contributed by atoms with Gasteiger partial charge in [0.1, 0.15) is 4.83 Å². The summed E-state index contributed by atoms with van der Waals surface area (Å²) in [6.45, 7) is 3.00. The van der Waals surface area contributed by atoms with E-state index in [-0.39, 0.29) is 23.8 Å². The molecule has 0 saturated carbocycles. The third kappa shape index (κ3) is 3.71. The van der Waals surface area contributed by atoms with Crippen LogP contribution in [0.25, 0.3) is 10.2 Å². The molecule has 2 heterocycles. The first-order valence-corrected chi connectivity index (χ1v) is 8.77. The maximum Gasteiger partial charge on any atom is 0.262 e. The molecule has 3 aromatic rings. The highest BCUT2D eigenvalue weighted by molar-refractivity contribution is 7.16. The largest absolute Gasteiger partial charge is 0.355 e. The van der Waals surface area contributed by atoms with Crippen molar-refractivity contribution in [2.75, 3.05) is 6.54 Å². The van der Waals surface area contributed by atoms with Crippen molar-refractivity contribution in [3.63, 3.8) is 0 Å². The van der Waals surface area contributed by atoms with Crippen molar-refractivity contribution in [3.8, 4) is 0 Å². The quantitative estimate of drug-likeness (QED) is 0.750. The van der Waals surface area contributed by atoms with Gasteiger partial charge in [-0.15, -0.1) is 11.3 Å². The van der Waals surface area contributed by atoms with Crippen molar-refractivity contribution >= 4 is 27.5 Å². The predicted octanol–water partition coefficient (Wildman–Crippen LogP) is 2.77. The number of hydrogen-bond acceptors (Lipinski definition) is 4. The lowest BCUT2D eigenvalue weighted by Gasteiger charge is -2.13. The summed E-state index contributed by atoms with van der Waals surface area (Å²) in [6, 6.07) is 11.8. The number of nitrogens with zero attached hydrogens (tertiary/aromatic N) is 2. The maximum atomic E-state index is 12.3. The van der Waals surface area contributed by atoms with Gasteiger partial charge in [0.15, 0.2) is 0 Å². The molecule has 24 heavy (non-hydrogen) atoms. The van der Waals surface area contributed by atoms with Crippen molar-refractivity contribution in [1.82, 2.24) is 14.9 Å². The highest BCUT2D eigenvalue weighted by atomic mass is 32.1. The summed E-state index contributed by atoms with van der Waals surface area (Å²) >= 11 is 1.44. The number of aromatic nitrogens is 2. The summed E-state index contributed by atoms with van der Waals surface area (Å²) in [5.41, 5.74) is 1.10. The van der Waals surface area contributed by atoms with Crippen molar-refractivity contribution in [2.24, 2.45) is 0 Å². The monoisotopic (exact) mass is 341 g/mol. The number of fused-ring (bicyclic) bond motifs is 1. The molecule has 1 aromatic carbocycles. The molecular weight excluding hydrogens is 322 g/mol. The van der Waals surface area contributed by atoms with Crippen LogP contribution in [0.5, 0.6) is 0 Å². The Hall–Kier alpha value is -2.47. The number of hydrogen-bond donors (Lipinski definition) is 1. The van der Waals surface area contributed by atoms with Gasteiger partial charge in [-0.1, -0.05) is 37.3 Å². The highest BCUT2D eigenvalue weighted by Crippen LogP contribution is 2.14. The van der Waals surface area contributed by atoms with Crippen LogP contribution >= 0.6 is 11.3 Å². The van der Waals surface area contributed by atoms with E-state index in [4.69, 9.17) is 0 Å². The summed E-state index contributed by atoms with van der Waals surface area (Å²) in [4.78, 5) is 29.3. The Kier molecular flexibility index (Phi) is 5.05. The molecule has 0 aliphatic heterocycles. The summed E-state index contributed by atoms with van der Waals surface area (Å²) in [6.07, 6.45) is 1.78. The number of benzene rings is 1. The molecule has 0 saturated heterocycles. The Morgan fingerprint density at radius 2 is 2.08 bits per heavy atom. The number of carbonyl (C=O) groups is 1. The zero-order valence-electron chi connectivity index (χ0n) is 13.4. The number of nitrogens with one attached hydrogen (secondary N) is 1. The van der Waals surface area contributed by atoms with Gasteiger partial charge in [-0.3, -0.25) is 14.2 Å². The zero-order chi connectivity index (χ0) is 16.9. The smallest absolute Gasteiger partial charge is 0.262 e. The fourth-order valence-electron chi connectivity index (χ4n) is 2.53. The van der Waals surface area contributed by atoms with Gasteiger partial charge in [-0.2, -0.15) is 0 Å². The molecule has 0 radical (unpaired) electrons. The van der Waals surface area contributed by atoms with E-state index in [1.807, 2.05) is 23.6 Å². The summed E-state index contributed by atoms with van der Waals surface area (Å²) in [5, 5.41) is 5.39. The SMILES string of the molecule is CC(CNC(=O)CCn1cnc2sccc2c1=O)c1ccccc1. The van der Waals surface area contributed by atoms with Gasteiger partial charge >= 0.3 is 0 Å². The van der Waals surface area contributed by atoms with Crippen LogP contribution in [-0.4, -0.2) is 22.0 Å². The van der Waals surface area contributed by atoms with Crippen LogP contribution in [0, 0.1) is 0 Å². The van der Waals surface area contributed by atoms with Gasteiger partial charge in [-0.25, -0.2) is 4.98 Å². The Balaban J connectivity index is 1.53. The summed E-state index contributed by atoms with van der Waals surface area (Å²) in [5.74, 6) is 0.191. The van der Waals surface area contributed by atoms with E-state index in [1.54, 1.807) is 6.07 Å². The van der Waals surface area contributed by atoms with Crippen molar-refractivity contribution in [3.05, 3.63) is 64.0 Å². The molecule has 1 atom stereocenters. The molecule has 0 spiro atoms. The molecular formula is C18H19N3O2S. The van der Waals surface area contributed by atoms with Gasteiger partial charge in [0.25, 0.3) is 5.56 Å². The number of rotatable bonds is 6. The van der Waals surface area contributed by atoms with E-state index >= 15 is 0 Å². The lowest BCUT2D eigenvalue weighted by Crippen LogP contribution is -2.30. The first-order valence-electron chi connectivity index (χ1n) is 7.89. The fraction of sp³-hybridized carbons (Fsp3) is 0.278. The first-order chi connectivity index (χ1) is 11.6. The van der Waals surface area contributed by atoms with E-state index in [0.717, 1.165) is 4.83 Å². The number of aryl methyl sites for hydroxylation is 1. The molecule has 1 unspecified atom stereocenters. The van der Waals surface area contributed by atoms with E-state index < -0.39 is 0 Å². The van der Waals surface area contributed by atoms with Crippen LogP contribution in [0.1, 0.15) is 24.8 Å². The molecule has 0 aliphatic carbocycles. The lowest BCUT2D eigenvalue weighted by molar-refractivity contribution is -0.121. The lowest BCUT2D eigenvalue weighted by atomic mass is 10.0. The van der Waals surface area contributed by atoms with E-state index in [2.05, 4.69) is 29.4 Å². The van der Waals surface area contributed by atoms with Crippen LogP contribution in [0.15, 0.2) is 52.9 Å². The summed E-state index contributed by atoms with van der Waals surface area (Å²) in [7, 11) is 0. The van der Waals surface area contributed by atoms with Gasteiger partial charge in [0.05, 0.1) is 11.7 Å². The van der Waals surface area contributed by atoms with Gasteiger partial charge in [0, 0.05) is 19.5 Å². The second kappa shape index (κ2) is 7.40. The van der Waals surface area contributed by atoms with Crippen LogP contribution < -0.4 is 10.9 Å². The molecule has 6 heteroatoms. The van der Waals surface area contributed by atoms with Crippen LogP contribution in [0.3, 0.4) is 0 Å². The maximum absolute atomic E-state index is 12.3. The zero-order valence-corrected chi connectivity index (χ0v) is 14.3. The number of thiophene rings is 1. The topological polar surface area (TPSA) is 64.0 Å². The van der Waals surface area contributed by atoms with Crippen LogP contribution in [-0.2, 0) is 11.3 Å². The first kappa shape index (κ1) is 16.4. The van der Waals surface area contributed by atoms with Crippen molar-refractivity contribution in [2.45, 2.75) is 25.8 Å². The van der Waals surface area contributed by atoms with E-state index in [1.165, 1.54) is 27.8 Å². The molecule has 3 rings (SSSR count). The number of carbonyl (C=O) groups excluding carboxylic acids is 1. The van der Waals surface area contributed by atoms with Gasteiger partial charge < -0.3 is 5.32 Å². The normalized spacial score (nSPS) is 12.2. The second-order valence-corrected chi connectivity index (χ2v) is 6.64. The number of amides is 1. The van der Waals surface area contributed by atoms with Crippen LogP contribution in [0.4, 0.5) is 0 Å². The molecule has 5 nitrogen and oxygen atoms in total. The molecule has 0 fully saturated rings. The standard InChI is InChI=1S/C18H19N3O2S/c1-13(14-5-3-2-4-6-14)11-19-16(22)7-9-21-12-20-17-15(18(21)23)8-10-24-17/h2-6,8,10,12-13H,7,9,11H2,1H3,(H,19,22). The summed E-state index contributed by atoms with van der Waals surface area (Å²) < 4.78 is 1.50. The van der Waals surface area contributed by atoms with Gasteiger partial charge in [0.2, 0.25) is 5.91 Å². The minimum Gasteiger partial charge on any atom is -0.355 e. The Labute approximate surface area is 144 Å². The minimum atomic E-state index is -0.0910.